The fourth-order valence-corrected chi connectivity index (χ4v) is 3.55. The van der Waals surface area contributed by atoms with E-state index in [4.69, 9.17) is 14.2 Å². The van der Waals surface area contributed by atoms with Crippen molar-refractivity contribution in [1.82, 2.24) is 10.6 Å². The maximum atomic E-state index is 12.0. The van der Waals surface area contributed by atoms with Crippen molar-refractivity contribution in [1.29, 1.82) is 0 Å². The third-order valence-electron chi connectivity index (χ3n) is 5.10. The van der Waals surface area contributed by atoms with E-state index in [1.807, 2.05) is 36.4 Å². The summed E-state index contributed by atoms with van der Waals surface area (Å²) in [6.07, 6.45) is 0.432. The first-order chi connectivity index (χ1) is 14.6. The molecule has 0 aliphatic carbocycles. The number of nitrogens with zero attached hydrogens (tertiary/aromatic N) is 1. The number of carbonyl (C=O) groups is 1. The number of methoxy groups -OCH3 is 3. The predicted octanol–water partition coefficient (Wildman–Crippen LogP) is 2.50. The quantitative estimate of drug-likeness (QED) is 0.478. The van der Waals surface area contributed by atoms with Crippen LogP contribution < -0.4 is 30.2 Å². The van der Waals surface area contributed by atoms with Gasteiger partial charge in [0, 0.05) is 43.8 Å². The van der Waals surface area contributed by atoms with Crippen LogP contribution in [-0.2, 0) is 11.3 Å². The number of ether oxygens (including phenoxy) is 3. The van der Waals surface area contributed by atoms with Gasteiger partial charge in [0.05, 0.1) is 33.4 Å². The number of hydrogen-bond donors (Lipinski definition) is 3. The van der Waals surface area contributed by atoms with Crippen LogP contribution in [0, 0.1) is 0 Å². The molecule has 3 N–H and O–H groups in total. The van der Waals surface area contributed by atoms with Crippen molar-refractivity contribution in [2.24, 2.45) is 4.99 Å². The second-order valence-electron chi connectivity index (χ2n) is 6.85. The summed E-state index contributed by atoms with van der Waals surface area (Å²) in [5, 5.41) is 9.53. The molecule has 0 spiro atoms. The Balaban J connectivity index is 1.67. The highest BCUT2D eigenvalue weighted by Crippen LogP contribution is 2.34. The average molecular weight is 412 g/mol. The van der Waals surface area contributed by atoms with Crippen LogP contribution in [-0.4, -0.2) is 46.8 Å². The van der Waals surface area contributed by atoms with Crippen LogP contribution in [0.15, 0.2) is 41.4 Å². The first kappa shape index (κ1) is 21.3. The van der Waals surface area contributed by atoms with E-state index < -0.39 is 0 Å². The Morgan fingerprint density at radius 3 is 2.43 bits per heavy atom. The fraction of sp³-hybridized carbons (Fsp3) is 0.364. The van der Waals surface area contributed by atoms with Gasteiger partial charge in [0.2, 0.25) is 5.91 Å². The molecule has 1 amide bonds. The minimum atomic E-state index is 0.0242. The molecule has 30 heavy (non-hydrogen) atoms. The van der Waals surface area contributed by atoms with Gasteiger partial charge in [0.15, 0.2) is 5.96 Å². The lowest BCUT2D eigenvalue weighted by molar-refractivity contribution is -0.116. The molecule has 160 valence electrons. The number of carbonyl (C=O) groups excluding carboxylic acids is 1. The van der Waals surface area contributed by atoms with Gasteiger partial charge >= 0.3 is 0 Å². The summed E-state index contributed by atoms with van der Waals surface area (Å²) in [6.45, 7) is 1.03. The summed E-state index contributed by atoms with van der Waals surface area (Å²) in [6, 6.07) is 11.5. The summed E-state index contributed by atoms with van der Waals surface area (Å²) < 4.78 is 16.3. The first-order valence-electron chi connectivity index (χ1n) is 9.71. The van der Waals surface area contributed by atoms with E-state index in [2.05, 4.69) is 20.9 Å². The summed E-state index contributed by atoms with van der Waals surface area (Å²) >= 11 is 0. The Morgan fingerprint density at radius 2 is 1.80 bits per heavy atom. The van der Waals surface area contributed by atoms with Crippen LogP contribution in [0.5, 0.6) is 17.2 Å². The zero-order valence-corrected chi connectivity index (χ0v) is 17.7. The van der Waals surface area contributed by atoms with Gasteiger partial charge in [-0.3, -0.25) is 9.79 Å². The van der Waals surface area contributed by atoms with Crippen LogP contribution in [0.2, 0.25) is 0 Å². The van der Waals surface area contributed by atoms with Gasteiger partial charge in [-0.1, -0.05) is 18.2 Å². The Kier molecular flexibility index (Phi) is 7.00. The summed E-state index contributed by atoms with van der Waals surface area (Å²) in [7, 11) is 6.52. The molecular weight excluding hydrogens is 384 g/mol. The highest BCUT2D eigenvalue weighted by molar-refractivity contribution is 5.94. The third kappa shape index (κ3) is 4.76. The Bertz CT molecular complexity index is 904. The predicted molar refractivity (Wildman–Crippen MR) is 117 cm³/mol. The van der Waals surface area contributed by atoms with E-state index in [1.165, 1.54) is 0 Å². The molecule has 0 radical (unpaired) electrons. The molecule has 2 aromatic rings. The molecule has 1 atom stereocenters. The molecule has 8 heteroatoms. The third-order valence-corrected chi connectivity index (χ3v) is 5.10. The van der Waals surface area contributed by atoms with Gasteiger partial charge in [-0.2, -0.15) is 0 Å². The first-order valence-corrected chi connectivity index (χ1v) is 9.71. The Hall–Kier alpha value is -3.42. The maximum absolute atomic E-state index is 12.0. The number of aliphatic imine (C=N–C) groups is 1. The summed E-state index contributed by atoms with van der Waals surface area (Å²) in [4.78, 5) is 16.3. The normalized spacial score (nSPS) is 15.7. The molecule has 1 heterocycles. The molecule has 3 rings (SSSR count). The highest BCUT2D eigenvalue weighted by Gasteiger charge is 2.24. The van der Waals surface area contributed by atoms with Crippen molar-refractivity contribution in [3.63, 3.8) is 0 Å². The largest absolute Gasteiger partial charge is 0.496 e. The van der Waals surface area contributed by atoms with Crippen LogP contribution >= 0.6 is 0 Å². The molecule has 1 aliphatic rings. The number of rotatable bonds is 7. The van der Waals surface area contributed by atoms with Crippen LogP contribution in [0.1, 0.15) is 23.5 Å². The van der Waals surface area contributed by atoms with Crippen LogP contribution in [0.25, 0.3) is 0 Å². The lowest BCUT2D eigenvalue weighted by atomic mass is 9.90. The molecule has 0 saturated heterocycles. The number of amides is 1. The fourth-order valence-electron chi connectivity index (χ4n) is 3.55. The number of guanidine groups is 1. The Morgan fingerprint density at radius 1 is 1.10 bits per heavy atom. The van der Waals surface area contributed by atoms with Crippen molar-refractivity contribution >= 4 is 17.6 Å². The molecule has 2 aromatic carbocycles. The monoisotopic (exact) mass is 412 g/mol. The summed E-state index contributed by atoms with van der Waals surface area (Å²) in [5.41, 5.74) is 2.85. The van der Waals surface area contributed by atoms with Gasteiger partial charge in [-0.25, -0.2) is 0 Å². The molecule has 0 bridgehead atoms. The van der Waals surface area contributed by atoms with Crippen molar-refractivity contribution in [3.05, 3.63) is 47.5 Å². The summed E-state index contributed by atoms with van der Waals surface area (Å²) in [5.74, 6) is 2.69. The number of anilines is 1. The van der Waals surface area contributed by atoms with Crippen LogP contribution in [0.4, 0.5) is 5.69 Å². The zero-order chi connectivity index (χ0) is 21.5. The minimum Gasteiger partial charge on any atom is -0.496 e. The SMILES string of the molecule is CN=C(NCc1c(OC)cc(OC)cc1OC)NCC1CC(=O)Nc2ccccc21. The van der Waals surface area contributed by atoms with E-state index in [0.717, 1.165) is 16.8 Å². The molecule has 1 aliphatic heterocycles. The van der Waals surface area contributed by atoms with E-state index in [9.17, 15) is 4.79 Å². The Labute approximate surface area is 176 Å². The smallest absolute Gasteiger partial charge is 0.225 e. The molecule has 1 unspecified atom stereocenters. The standard InChI is InChI=1S/C22H28N4O4/c1-23-22(24-12-14-9-21(27)26-18-8-6-5-7-16(14)18)25-13-17-19(29-3)10-15(28-2)11-20(17)30-4/h5-8,10-11,14H,9,12-13H2,1-4H3,(H,26,27)(H2,23,24,25). The van der Waals surface area contributed by atoms with E-state index >= 15 is 0 Å². The zero-order valence-electron chi connectivity index (χ0n) is 17.7. The van der Waals surface area contributed by atoms with Crippen LogP contribution in [0.3, 0.4) is 0 Å². The van der Waals surface area contributed by atoms with E-state index in [1.54, 1.807) is 28.4 Å². The van der Waals surface area contributed by atoms with Gasteiger partial charge in [0.1, 0.15) is 17.2 Å². The number of hydrogen-bond acceptors (Lipinski definition) is 5. The van der Waals surface area contributed by atoms with Gasteiger partial charge < -0.3 is 30.2 Å². The van der Waals surface area contributed by atoms with Crippen molar-refractivity contribution < 1.29 is 19.0 Å². The second kappa shape index (κ2) is 9.87. The van der Waals surface area contributed by atoms with Gasteiger partial charge in [-0.05, 0) is 11.6 Å². The average Bonchev–Trinajstić information content (AvgIpc) is 2.78. The second-order valence-corrected chi connectivity index (χ2v) is 6.85. The van der Waals surface area contributed by atoms with Gasteiger partial charge in [0.25, 0.3) is 0 Å². The van der Waals surface area contributed by atoms with Crippen molar-refractivity contribution in [3.8, 4) is 17.2 Å². The minimum absolute atomic E-state index is 0.0242. The van der Waals surface area contributed by atoms with E-state index in [-0.39, 0.29) is 11.8 Å². The van der Waals surface area contributed by atoms with Gasteiger partial charge in [-0.15, -0.1) is 0 Å². The number of benzene rings is 2. The highest BCUT2D eigenvalue weighted by atomic mass is 16.5. The number of para-hydroxylation sites is 1. The lowest BCUT2D eigenvalue weighted by Gasteiger charge is -2.26. The molecular formula is C22H28N4O4. The topological polar surface area (TPSA) is 93.2 Å². The van der Waals surface area contributed by atoms with Crippen molar-refractivity contribution in [2.75, 3.05) is 40.2 Å². The number of fused-ring (bicyclic) bond motifs is 1. The molecule has 8 nitrogen and oxygen atoms in total. The van der Waals surface area contributed by atoms with E-state index in [0.29, 0.717) is 42.7 Å². The lowest BCUT2D eigenvalue weighted by Crippen LogP contribution is -2.40. The molecule has 0 aromatic heterocycles. The number of nitrogens with one attached hydrogen (secondary N) is 3. The van der Waals surface area contributed by atoms with Crippen molar-refractivity contribution in [2.45, 2.75) is 18.9 Å². The molecule has 0 saturated carbocycles. The maximum Gasteiger partial charge on any atom is 0.225 e. The molecule has 0 fully saturated rings.